The van der Waals surface area contributed by atoms with Gasteiger partial charge in [0, 0.05) is 11.1 Å². The molecule has 0 unspecified atom stereocenters. The van der Waals surface area contributed by atoms with Gasteiger partial charge in [-0.1, -0.05) is 23.2 Å². The van der Waals surface area contributed by atoms with Crippen LogP contribution in [0, 0.1) is 10.1 Å². The second-order valence-corrected chi connectivity index (χ2v) is 4.88. The third-order valence-corrected chi connectivity index (χ3v) is 3.18. The van der Waals surface area contributed by atoms with E-state index in [-0.39, 0.29) is 22.0 Å². The molecule has 0 saturated heterocycles. The summed E-state index contributed by atoms with van der Waals surface area (Å²) in [6.07, 6.45) is 0. The van der Waals surface area contributed by atoms with Gasteiger partial charge in [0.15, 0.2) is 0 Å². The minimum atomic E-state index is -0.654. The van der Waals surface area contributed by atoms with Gasteiger partial charge in [-0.15, -0.1) is 0 Å². The van der Waals surface area contributed by atoms with Crippen LogP contribution in [0.2, 0.25) is 10.0 Å². The molecular weight excluding hydrogens is 319 g/mol. The summed E-state index contributed by atoms with van der Waals surface area (Å²) in [4.78, 5) is 22.0. The summed E-state index contributed by atoms with van der Waals surface area (Å²) in [5.41, 5.74) is -0.130. The Bertz CT molecular complexity index is 734. The Kier molecular flexibility index (Phi) is 4.30. The minimum absolute atomic E-state index is 0.0293. The summed E-state index contributed by atoms with van der Waals surface area (Å²) in [5, 5.41) is 23.2. The SMILES string of the molecule is O=C(Nc1ccc([N+](=O)[O-])cc1O)c1cc(Cl)ccc1Cl. The summed E-state index contributed by atoms with van der Waals surface area (Å²) in [6.45, 7) is 0. The molecule has 0 heterocycles. The van der Waals surface area contributed by atoms with Gasteiger partial charge in [0.25, 0.3) is 11.6 Å². The van der Waals surface area contributed by atoms with Gasteiger partial charge in [-0.25, -0.2) is 0 Å². The number of carbonyl (C=O) groups is 1. The largest absolute Gasteiger partial charge is 0.506 e. The molecule has 0 fully saturated rings. The predicted octanol–water partition coefficient (Wildman–Crippen LogP) is 3.86. The first kappa shape index (κ1) is 15.1. The van der Waals surface area contributed by atoms with E-state index in [1.807, 2.05) is 0 Å². The number of anilines is 1. The topological polar surface area (TPSA) is 92.5 Å². The minimum Gasteiger partial charge on any atom is -0.506 e. The number of nitrogens with one attached hydrogen (secondary N) is 1. The number of hydrogen-bond donors (Lipinski definition) is 2. The molecule has 0 atom stereocenters. The number of amides is 1. The highest BCUT2D eigenvalue weighted by atomic mass is 35.5. The molecular formula is C13H8Cl2N2O4. The maximum Gasteiger partial charge on any atom is 0.273 e. The highest BCUT2D eigenvalue weighted by Gasteiger charge is 2.15. The Morgan fingerprint density at radius 2 is 1.90 bits per heavy atom. The highest BCUT2D eigenvalue weighted by Crippen LogP contribution is 2.29. The molecule has 8 heteroatoms. The van der Waals surface area contributed by atoms with E-state index in [0.29, 0.717) is 5.02 Å². The van der Waals surface area contributed by atoms with Crippen molar-refractivity contribution in [3.8, 4) is 5.75 Å². The molecule has 2 aromatic carbocycles. The van der Waals surface area contributed by atoms with Crippen molar-refractivity contribution >= 4 is 40.5 Å². The van der Waals surface area contributed by atoms with Crippen molar-refractivity contribution in [3.05, 3.63) is 62.1 Å². The van der Waals surface area contributed by atoms with Crippen LogP contribution in [0.5, 0.6) is 5.75 Å². The van der Waals surface area contributed by atoms with Gasteiger partial charge >= 0.3 is 0 Å². The Labute approximate surface area is 129 Å². The van der Waals surface area contributed by atoms with E-state index in [1.165, 1.54) is 24.3 Å². The van der Waals surface area contributed by atoms with E-state index in [0.717, 1.165) is 12.1 Å². The van der Waals surface area contributed by atoms with E-state index in [9.17, 15) is 20.0 Å². The Morgan fingerprint density at radius 1 is 1.19 bits per heavy atom. The number of nitro groups is 1. The van der Waals surface area contributed by atoms with E-state index in [4.69, 9.17) is 23.2 Å². The maximum atomic E-state index is 12.1. The molecule has 2 aromatic rings. The Morgan fingerprint density at radius 3 is 2.52 bits per heavy atom. The van der Waals surface area contributed by atoms with Crippen molar-refractivity contribution < 1.29 is 14.8 Å². The second-order valence-electron chi connectivity index (χ2n) is 4.04. The molecule has 108 valence electrons. The lowest BCUT2D eigenvalue weighted by Crippen LogP contribution is -2.12. The number of aromatic hydroxyl groups is 1. The fourth-order valence-corrected chi connectivity index (χ4v) is 1.98. The molecule has 0 aliphatic carbocycles. The summed E-state index contributed by atoms with van der Waals surface area (Å²) in [5.74, 6) is -1.01. The van der Waals surface area contributed by atoms with Crippen LogP contribution in [0.15, 0.2) is 36.4 Å². The molecule has 6 nitrogen and oxygen atoms in total. The number of carbonyl (C=O) groups excluding carboxylic acids is 1. The second kappa shape index (κ2) is 5.99. The average molecular weight is 327 g/mol. The number of non-ortho nitro benzene ring substituents is 1. The molecule has 0 aliphatic heterocycles. The smallest absolute Gasteiger partial charge is 0.273 e. The number of phenols is 1. The number of rotatable bonds is 3. The normalized spacial score (nSPS) is 10.2. The fraction of sp³-hybridized carbons (Fsp3) is 0. The van der Waals surface area contributed by atoms with Gasteiger partial charge in [0.2, 0.25) is 0 Å². The Hall–Kier alpha value is -2.31. The zero-order valence-corrected chi connectivity index (χ0v) is 11.9. The Balaban J connectivity index is 2.27. The third kappa shape index (κ3) is 3.42. The molecule has 2 rings (SSSR count). The van der Waals surface area contributed by atoms with Crippen LogP contribution in [0.1, 0.15) is 10.4 Å². The molecule has 0 aliphatic rings. The number of hydrogen-bond acceptors (Lipinski definition) is 4. The molecule has 0 aromatic heterocycles. The van der Waals surface area contributed by atoms with Crippen LogP contribution in [-0.4, -0.2) is 15.9 Å². The summed E-state index contributed by atoms with van der Waals surface area (Å²) < 4.78 is 0. The van der Waals surface area contributed by atoms with Crippen molar-refractivity contribution in [1.82, 2.24) is 0 Å². The van der Waals surface area contributed by atoms with Gasteiger partial charge in [-0.3, -0.25) is 14.9 Å². The van der Waals surface area contributed by atoms with Crippen LogP contribution >= 0.6 is 23.2 Å². The lowest BCUT2D eigenvalue weighted by molar-refractivity contribution is -0.384. The lowest BCUT2D eigenvalue weighted by atomic mass is 10.2. The zero-order valence-electron chi connectivity index (χ0n) is 10.3. The van der Waals surface area contributed by atoms with Gasteiger partial charge in [-0.2, -0.15) is 0 Å². The van der Waals surface area contributed by atoms with Crippen LogP contribution in [0.3, 0.4) is 0 Å². The number of nitro benzene ring substituents is 1. The molecule has 2 N–H and O–H groups in total. The summed E-state index contributed by atoms with van der Waals surface area (Å²) in [7, 11) is 0. The first-order chi connectivity index (χ1) is 9.88. The van der Waals surface area contributed by atoms with Gasteiger partial charge in [0.05, 0.1) is 27.3 Å². The molecule has 21 heavy (non-hydrogen) atoms. The quantitative estimate of drug-likeness (QED) is 0.508. The van der Waals surface area contributed by atoms with Crippen molar-refractivity contribution in [2.45, 2.75) is 0 Å². The first-order valence-electron chi connectivity index (χ1n) is 5.62. The molecule has 0 saturated carbocycles. The summed E-state index contributed by atoms with van der Waals surface area (Å²) >= 11 is 11.7. The van der Waals surface area contributed by atoms with Gasteiger partial charge < -0.3 is 10.4 Å². The van der Waals surface area contributed by atoms with E-state index in [1.54, 1.807) is 0 Å². The number of nitrogens with zero attached hydrogens (tertiary/aromatic N) is 1. The van der Waals surface area contributed by atoms with Crippen LogP contribution in [0.4, 0.5) is 11.4 Å². The third-order valence-electron chi connectivity index (χ3n) is 2.61. The molecule has 1 amide bonds. The van der Waals surface area contributed by atoms with Crippen molar-refractivity contribution in [3.63, 3.8) is 0 Å². The maximum absolute atomic E-state index is 12.1. The molecule has 0 bridgehead atoms. The van der Waals surface area contributed by atoms with E-state index >= 15 is 0 Å². The van der Waals surface area contributed by atoms with Crippen LogP contribution in [-0.2, 0) is 0 Å². The molecule has 0 radical (unpaired) electrons. The van der Waals surface area contributed by atoms with Crippen molar-refractivity contribution in [2.24, 2.45) is 0 Å². The lowest BCUT2D eigenvalue weighted by Gasteiger charge is -2.08. The van der Waals surface area contributed by atoms with Crippen molar-refractivity contribution in [2.75, 3.05) is 5.32 Å². The fourth-order valence-electron chi connectivity index (χ4n) is 1.60. The standard InChI is InChI=1S/C13H8Cl2N2O4/c14-7-1-3-10(15)9(5-7)13(19)16-11-4-2-8(17(20)21)6-12(11)18/h1-6,18H,(H,16,19). The number of benzene rings is 2. The zero-order chi connectivity index (χ0) is 15.6. The summed E-state index contributed by atoms with van der Waals surface area (Å²) in [6, 6.07) is 7.70. The van der Waals surface area contributed by atoms with Crippen LogP contribution in [0.25, 0.3) is 0 Å². The van der Waals surface area contributed by atoms with E-state index < -0.39 is 16.6 Å². The average Bonchev–Trinajstić information content (AvgIpc) is 2.43. The predicted molar refractivity (Wildman–Crippen MR) is 79.2 cm³/mol. The van der Waals surface area contributed by atoms with E-state index in [2.05, 4.69) is 5.32 Å². The number of phenolic OH excluding ortho intramolecular Hbond substituents is 1. The number of halogens is 2. The first-order valence-corrected chi connectivity index (χ1v) is 6.38. The van der Waals surface area contributed by atoms with Gasteiger partial charge in [-0.05, 0) is 24.3 Å². The van der Waals surface area contributed by atoms with Crippen molar-refractivity contribution in [1.29, 1.82) is 0 Å². The molecule has 0 spiro atoms. The van der Waals surface area contributed by atoms with Crippen LogP contribution < -0.4 is 5.32 Å². The van der Waals surface area contributed by atoms with Gasteiger partial charge in [0.1, 0.15) is 5.75 Å². The highest BCUT2D eigenvalue weighted by molar-refractivity contribution is 6.36. The monoisotopic (exact) mass is 326 g/mol.